The van der Waals surface area contributed by atoms with Crippen LogP contribution < -0.4 is 5.32 Å². The van der Waals surface area contributed by atoms with Crippen molar-refractivity contribution in [2.75, 3.05) is 6.54 Å². The van der Waals surface area contributed by atoms with Crippen LogP contribution in [0.5, 0.6) is 0 Å². The number of halogens is 2. The van der Waals surface area contributed by atoms with Gasteiger partial charge in [0.2, 0.25) is 0 Å². The Bertz CT molecular complexity index is 345. The van der Waals surface area contributed by atoms with E-state index in [4.69, 9.17) is 0 Å². The molecule has 0 unspecified atom stereocenters. The summed E-state index contributed by atoms with van der Waals surface area (Å²) in [7, 11) is 0. The maximum atomic E-state index is 13.4. The van der Waals surface area contributed by atoms with Gasteiger partial charge in [-0.2, -0.15) is 0 Å². The molecule has 1 heterocycles. The van der Waals surface area contributed by atoms with E-state index in [1.54, 1.807) is 0 Å². The SMILES string of the molecule is CCc1c(F)cc(F)cc1[C@@H]1CCN1. The smallest absolute Gasteiger partial charge is 0.129 e. The molecule has 1 aromatic carbocycles. The van der Waals surface area contributed by atoms with Crippen molar-refractivity contribution in [1.82, 2.24) is 5.32 Å². The second-order valence-electron chi connectivity index (χ2n) is 3.60. The van der Waals surface area contributed by atoms with Crippen LogP contribution in [0.1, 0.15) is 30.5 Å². The molecule has 1 fully saturated rings. The summed E-state index contributed by atoms with van der Waals surface area (Å²) in [5.41, 5.74) is 1.43. The molecule has 76 valence electrons. The van der Waals surface area contributed by atoms with Gasteiger partial charge in [0.1, 0.15) is 11.6 Å². The summed E-state index contributed by atoms with van der Waals surface area (Å²) < 4.78 is 26.4. The van der Waals surface area contributed by atoms with Gasteiger partial charge in [-0.05, 0) is 36.6 Å². The molecule has 1 aliphatic rings. The third-order valence-electron chi connectivity index (χ3n) is 2.75. The first-order valence-electron chi connectivity index (χ1n) is 4.93. The molecule has 1 saturated heterocycles. The topological polar surface area (TPSA) is 12.0 Å². The van der Waals surface area contributed by atoms with Crippen molar-refractivity contribution < 1.29 is 8.78 Å². The van der Waals surface area contributed by atoms with Crippen molar-refractivity contribution in [2.24, 2.45) is 0 Å². The highest BCUT2D eigenvalue weighted by Crippen LogP contribution is 2.28. The number of hydrogen-bond donors (Lipinski definition) is 1. The van der Waals surface area contributed by atoms with Crippen molar-refractivity contribution >= 4 is 0 Å². The highest BCUT2D eigenvalue weighted by Gasteiger charge is 2.23. The molecule has 3 heteroatoms. The van der Waals surface area contributed by atoms with Crippen LogP contribution in [-0.2, 0) is 6.42 Å². The molecule has 0 aliphatic carbocycles. The number of nitrogens with one attached hydrogen (secondary N) is 1. The molecular formula is C11H13F2N. The van der Waals surface area contributed by atoms with Gasteiger partial charge in [0.05, 0.1) is 0 Å². The highest BCUT2D eigenvalue weighted by molar-refractivity contribution is 5.33. The molecule has 0 amide bonds. The Morgan fingerprint density at radius 1 is 1.43 bits per heavy atom. The van der Waals surface area contributed by atoms with Gasteiger partial charge in [-0.3, -0.25) is 0 Å². The van der Waals surface area contributed by atoms with Gasteiger partial charge in [0.25, 0.3) is 0 Å². The molecule has 1 atom stereocenters. The van der Waals surface area contributed by atoms with Crippen LogP contribution in [0.4, 0.5) is 8.78 Å². The Morgan fingerprint density at radius 2 is 2.14 bits per heavy atom. The average molecular weight is 197 g/mol. The fourth-order valence-electron chi connectivity index (χ4n) is 1.86. The average Bonchev–Trinajstić information content (AvgIpc) is 1.99. The maximum Gasteiger partial charge on any atom is 0.129 e. The third kappa shape index (κ3) is 1.52. The molecule has 0 aromatic heterocycles. The predicted octanol–water partition coefficient (Wildman–Crippen LogP) is 2.56. The normalized spacial score (nSPS) is 20.6. The fraction of sp³-hybridized carbons (Fsp3) is 0.455. The molecule has 1 aliphatic heterocycles. The minimum absolute atomic E-state index is 0.148. The Kier molecular flexibility index (Phi) is 2.50. The monoisotopic (exact) mass is 197 g/mol. The van der Waals surface area contributed by atoms with Crippen LogP contribution in [0, 0.1) is 11.6 Å². The fourth-order valence-corrected chi connectivity index (χ4v) is 1.86. The van der Waals surface area contributed by atoms with E-state index in [0.29, 0.717) is 12.0 Å². The van der Waals surface area contributed by atoms with Gasteiger partial charge >= 0.3 is 0 Å². The second-order valence-corrected chi connectivity index (χ2v) is 3.60. The number of rotatable bonds is 2. The minimum atomic E-state index is -0.483. The van der Waals surface area contributed by atoms with Crippen molar-refractivity contribution in [1.29, 1.82) is 0 Å². The number of hydrogen-bond acceptors (Lipinski definition) is 1. The van der Waals surface area contributed by atoms with E-state index in [2.05, 4.69) is 5.32 Å². The van der Waals surface area contributed by atoms with Gasteiger partial charge in [0.15, 0.2) is 0 Å². The lowest BCUT2D eigenvalue weighted by Crippen LogP contribution is -2.35. The molecule has 14 heavy (non-hydrogen) atoms. The van der Waals surface area contributed by atoms with Crippen LogP contribution in [0.25, 0.3) is 0 Å². The van der Waals surface area contributed by atoms with Gasteiger partial charge in [0, 0.05) is 12.1 Å². The van der Waals surface area contributed by atoms with Crippen LogP contribution >= 0.6 is 0 Å². The molecule has 0 bridgehead atoms. The van der Waals surface area contributed by atoms with Gasteiger partial charge in [-0.1, -0.05) is 6.92 Å². The number of benzene rings is 1. The largest absolute Gasteiger partial charge is 0.310 e. The molecule has 1 N–H and O–H groups in total. The summed E-state index contributed by atoms with van der Waals surface area (Å²) in [6.45, 7) is 2.82. The Labute approximate surface area is 82.1 Å². The Hall–Kier alpha value is -0.960. The summed E-state index contributed by atoms with van der Waals surface area (Å²) in [6.07, 6.45) is 1.58. The second kappa shape index (κ2) is 3.65. The van der Waals surface area contributed by atoms with Gasteiger partial charge in [-0.25, -0.2) is 8.78 Å². The Balaban J connectivity index is 2.44. The highest BCUT2D eigenvalue weighted by atomic mass is 19.1. The first-order valence-corrected chi connectivity index (χ1v) is 4.93. The molecule has 1 nitrogen and oxygen atoms in total. The molecule has 1 aromatic rings. The van der Waals surface area contributed by atoms with Crippen LogP contribution in [0.3, 0.4) is 0 Å². The van der Waals surface area contributed by atoms with E-state index in [1.807, 2.05) is 6.92 Å². The third-order valence-corrected chi connectivity index (χ3v) is 2.75. The zero-order valence-corrected chi connectivity index (χ0v) is 8.11. The van der Waals surface area contributed by atoms with Crippen molar-refractivity contribution in [3.63, 3.8) is 0 Å². The zero-order chi connectivity index (χ0) is 10.1. The summed E-state index contributed by atoms with van der Waals surface area (Å²) in [4.78, 5) is 0. The van der Waals surface area contributed by atoms with Crippen LogP contribution in [0.2, 0.25) is 0 Å². The van der Waals surface area contributed by atoms with Crippen LogP contribution in [-0.4, -0.2) is 6.54 Å². The maximum absolute atomic E-state index is 13.4. The summed E-state index contributed by atoms with van der Waals surface area (Å²) in [6, 6.07) is 2.55. The lowest BCUT2D eigenvalue weighted by molar-refractivity contribution is 0.377. The predicted molar refractivity (Wildman–Crippen MR) is 51.1 cm³/mol. The van der Waals surface area contributed by atoms with Crippen molar-refractivity contribution in [3.8, 4) is 0 Å². The molecular weight excluding hydrogens is 184 g/mol. The lowest BCUT2D eigenvalue weighted by Gasteiger charge is -2.30. The Morgan fingerprint density at radius 3 is 2.64 bits per heavy atom. The quantitative estimate of drug-likeness (QED) is 0.768. The molecule has 0 radical (unpaired) electrons. The van der Waals surface area contributed by atoms with E-state index in [-0.39, 0.29) is 6.04 Å². The summed E-state index contributed by atoms with van der Waals surface area (Å²) in [5, 5.41) is 3.16. The van der Waals surface area contributed by atoms with Gasteiger partial charge in [-0.15, -0.1) is 0 Å². The van der Waals surface area contributed by atoms with E-state index < -0.39 is 11.6 Å². The van der Waals surface area contributed by atoms with Crippen molar-refractivity contribution in [3.05, 3.63) is 34.9 Å². The van der Waals surface area contributed by atoms with E-state index >= 15 is 0 Å². The molecule has 2 rings (SSSR count). The summed E-state index contributed by atoms with van der Waals surface area (Å²) >= 11 is 0. The van der Waals surface area contributed by atoms with E-state index in [0.717, 1.165) is 24.6 Å². The molecule has 0 spiro atoms. The first-order chi connectivity index (χ1) is 6.72. The zero-order valence-electron chi connectivity index (χ0n) is 8.11. The standard InChI is InChI=1S/C11H13F2N/c1-2-8-9(11-3-4-14-11)5-7(12)6-10(8)13/h5-6,11,14H,2-4H2,1H3/t11-/m0/s1. The minimum Gasteiger partial charge on any atom is -0.310 e. The van der Waals surface area contributed by atoms with Crippen molar-refractivity contribution in [2.45, 2.75) is 25.8 Å². The first kappa shape index (κ1) is 9.59. The van der Waals surface area contributed by atoms with Crippen LogP contribution in [0.15, 0.2) is 12.1 Å². The summed E-state index contributed by atoms with van der Waals surface area (Å²) in [5.74, 6) is -0.903. The molecule has 0 saturated carbocycles. The van der Waals surface area contributed by atoms with E-state index in [9.17, 15) is 8.78 Å². The van der Waals surface area contributed by atoms with Gasteiger partial charge < -0.3 is 5.32 Å². The van der Waals surface area contributed by atoms with E-state index in [1.165, 1.54) is 6.07 Å². The lowest BCUT2D eigenvalue weighted by atomic mass is 9.92.